The Hall–Kier alpha value is -0.590. The quantitative estimate of drug-likeness (QED) is 0.714. The highest BCUT2D eigenvalue weighted by molar-refractivity contribution is 5.12. The van der Waals surface area contributed by atoms with E-state index in [1.807, 2.05) is 0 Å². The molecule has 2 N–H and O–H groups in total. The van der Waals surface area contributed by atoms with Crippen molar-refractivity contribution in [2.24, 2.45) is 11.1 Å². The molecule has 2 aliphatic rings. The highest BCUT2D eigenvalue weighted by Gasteiger charge is 2.45. The maximum Gasteiger partial charge on any atom is 0.0703 e. The van der Waals surface area contributed by atoms with Crippen molar-refractivity contribution in [3.8, 4) is 6.07 Å². The first kappa shape index (κ1) is 9.95. The van der Waals surface area contributed by atoms with Crippen molar-refractivity contribution in [2.75, 3.05) is 13.1 Å². The standard InChI is InChI=1S/C11H19N3/c1-9-10(13)3-2-6-14(9)8-11(7-12)4-5-11/h9-10H,2-6,8,13H2,1H3. The third kappa shape index (κ3) is 1.77. The second-order valence-electron chi connectivity index (χ2n) is 4.91. The molecule has 1 saturated carbocycles. The minimum Gasteiger partial charge on any atom is -0.326 e. The Morgan fingerprint density at radius 3 is 2.86 bits per heavy atom. The average molecular weight is 193 g/mol. The molecule has 0 bridgehead atoms. The van der Waals surface area contributed by atoms with Gasteiger partial charge in [0.1, 0.15) is 0 Å². The molecule has 2 atom stereocenters. The third-order valence-corrected chi connectivity index (χ3v) is 3.77. The fraction of sp³-hybridized carbons (Fsp3) is 0.909. The summed E-state index contributed by atoms with van der Waals surface area (Å²) in [6, 6.07) is 3.21. The van der Waals surface area contributed by atoms with Crippen molar-refractivity contribution in [2.45, 2.75) is 44.7 Å². The first-order chi connectivity index (χ1) is 6.67. The third-order valence-electron chi connectivity index (χ3n) is 3.77. The molecular formula is C11H19N3. The van der Waals surface area contributed by atoms with Crippen LogP contribution < -0.4 is 5.73 Å². The van der Waals surface area contributed by atoms with E-state index in [-0.39, 0.29) is 5.41 Å². The van der Waals surface area contributed by atoms with E-state index in [1.54, 1.807) is 0 Å². The lowest BCUT2D eigenvalue weighted by Crippen LogP contribution is -2.51. The van der Waals surface area contributed by atoms with E-state index in [9.17, 15) is 0 Å². The van der Waals surface area contributed by atoms with Crippen LogP contribution in [0.2, 0.25) is 0 Å². The molecule has 0 aromatic heterocycles. The normalized spacial score (nSPS) is 36.4. The minimum atomic E-state index is -0.00861. The first-order valence-corrected chi connectivity index (χ1v) is 5.58. The molecule has 0 radical (unpaired) electrons. The molecule has 0 amide bonds. The van der Waals surface area contributed by atoms with Gasteiger partial charge in [0, 0.05) is 18.6 Å². The smallest absolute Gasteiger partial charge is 0.0703 e. The Morgan fingerprint density at radius 2 is 2.29 bits per heavy atom. The number of hydrogen-bond donors (Lipinski definition) is 1. The van der Waals surface area contributed by atoms with E-state index in [0.29, 0.717) is 12.1 Å². The molecule has 1 saturated heterocycles. The predicted molar refractivity (Wildman–Crippen MR) is 55.5 cm³/mol. The summed E-state index contributed by atoms with van der Waals surface area (Å²) < 4.78 is 0. The molecule has 78 valence electrons. The van der Waals surface area contributed by atoms with E-state index in [4.69, 9.17) is 11.0 Å². The Morgan fingerprint density at radius 1 is 1.57 bits per heavy atom. The van der Waals surface area contributed by atoms with Crippen LogP contribution in [0.25, 0.3) is 0 Å². The van der Waals surface area contributed by atoms with Crippen LogP contribution in [0.3, 0.4) is 0 Å². The predicted octanol–water partition coefficient (Wildman–Crippen LogP) is 1.10. The van der Waals surface area contributed by atoms with Gasteiger partial charge in [-0.3, -0.25) is 4.90 Å². The van der Waals surface area contributed by atoms with Gasteiger partial charge in [-0.2, -0.15) is 5.26 Å². The van der Waals surface area contributed by atoms with Crippen LogP contribution in [0.15, 0.2) is 0 Å². The highest BCUT2D eigenvalue weighted by Crippen LogP contribution is 2.46. The van der Waals surface area contributed by atoms with Crippen molar-refractivity contribution < 1.29 is 0 Å². The fourth-order valence-corrected chi connectivity index (χ4v) is 2.31. The van der Waals surface area contributed by atoms with E-state index in [1.165, 1.54) is 6.42 Å². The van der Waals surface area contributed by atoms with Crippen molar-refractivity contribution in [1.29, 1.82) is 5.26 Å². The van der Waals surface area contributed by atoms with Gasteiger partial charge in [-0.15, -0.1) is 0 Å². The number of rotatable bonds is 2. The van der Waals surface area contributed by atoms with Crippen LogP contribution in [0.1, 0.15) is 32.6 Å². The summed E-state index contributed by atoms with van der Waals surface area (Å²) in [5, 5.41) is 9.03. The van der Waals surface area contributed by atoms with E-state index < -0.39 is 0 Å². The number of nitriles is 1. The van der Waals surface area contributed by atoms with Crippen LogP contribution in [0, 0.1) is 16.7 Å². The Bertz CT molecular complexity index is 252. The van der Waals surface area contributed by atoms with Crippen molar-refractivity contribution >= 4 is 0 Å². The molecule has 0 aromatic carbocycles. The van der Waals surface area contributed by atoms with Crippen molar-refractivity contribution in [3.63, 3.8) is 0 Å². The maximum absolute atomic E-state index is 9.03. The second kappa shape index (κ2) is 3.52. The number of nitrogens with zero attached hydrogens (tertiary/aromatic N) is 2. The van der Waals surface area contributed by atoms with Crippen LogP contribution in [0.4, 0.5) is 0 Å². The van der Waals surface area contributed by atoms with Crippen molar-refractivity contribution in [1.82, 2.24) is 4.90 Å². The molecule has 1 aliphatic carbocycles. The molecule has 1 aliphatic heterocycles. The second-order valence-corrected chi connectivity index (χ2v) is 4.91. The molecule has 2 unspecified atom stereocenters. The van der Waals surface area contributed by atoms with E-state index in [2.05, 4.69) is 17.9 Å². The first-order valence-electron chi connectivity index (χ1n) is 5.58. The molecular weight excluding hydrogens is 174 g/mol. The summed E-state index contributed by atoms with van der Waals surface area (Å²) in [4.78, 5) is 2.41. The molecule has 0 aromatic rings. The van der Waals surface area contributed by atoms with Gasteiger partial charge in [0.05, 0.1) is 11.5 Å². The van der Waals surface area contributed by atoms with Gasteiger partial charge in [0.2, 0.25) is 0 Å². The zero-order valence-electron chi connectivity index (χ0n) is 8.87. The van der Waals surface area contributed by atoms with Crippen LogP contribution in [-0.2, 0) is 0 Å². The largest absolute Gasteiger partial charge is 0.326 e. The van der Waals surface area contributed by atoms with Gasteiger partial charge in [0.15, 0.2) is 0 Å². The van der Waals surface area contributed by atoms with Gasteiger partial charge in [-0.25, -0.2) is 0 Å². The molecule has 1 heterocycles. The summed E-state index contributed by atoms with van der Waals surface area (Å²) in [7, 11) is 0. The maximum atomic E-state index is 9.03. The SMILES string of the molecule is CC1C(N)CCCN1CC1(C#N)CC1. The Labute approximate surface area is 85.9 Å². The lowest BCUT2D eigenvalue weighted by atomic mass is 9.96. The van der Waals surface area contributed by atoms with E-state index in [0.717, 1.165) is 32.4 Å². The highest BCUT2D eigenvalue weighted by atomic mass is 15.2. The molecule has 0 spiro atoms. The van der Waals surface area contributed by atoms with Gasteiger partial charge in [-0.05, 0) is 39.2 Å². The summed E-state index contributed by atoms with van der Waals surface area (Å²) >= 11 is 0. The van der Waals surface area contributed by atoms with Gasteiger partial charge < -0.3 is 5.73 Å². The average Bonchev–Trinajstić information content (AvgIpc) is 2.94. The van der Waals surface area contributed by atoms with Gasteiger partial charge in [0.25, 0.3) is 0 Å². The van der Waals surface area contributed by atoms with Crippen LogP contribution in [-0.4, -0.2) is 30.1 Å². The number of hydrogen-bond acceptors (Lipinski definition) is 3. The molecule has 3 nitrogen and oxygen atoms in total. The zero-order chi connectivity index (χ0) is 10.2. The lowest BCUT2D eigenvalue weighted by molar-refractivity contribution is 0.124. The Kier molecular flexibility index (Phi) is 2.50. The molecule has 3 heteroatoms. The minimum absolute atomic E-state index is 0.00861. The van der Waals surface area contributed by atoms with Crippen LogP contribution >= 0.6 is 0 Å². The van der Waals surface area contributed by atoms with E-state index >= 15 is 0 Å². The van der Waals surface area contributed by atoms with Gasteiger partial charge >= 0.3 is 0 Å². The molecule has 2 rings (SSSR count). The van der Waals surface area contributed by atoms with Crippen molar-refractivity contribution in [3.05, 3.63) is 0 Å². The lowest BCUT2D eigenvalue weighted by Gasteiger charge is -2.38. The topological polar surface area (TPSA) is 53.0 Å². The number of likely N-dealkylation sites (tertiary alicyclic amines) is 1. The summed E-state index contributed by atoms with van der Waals surface area (Å²) in [6.07, 6.45) is 4.49. The number of nitrogens with two attached hydrogens (primary N) is 1. The molecule has 2 fully saturated rings. The molecule has 14 heavy (non-hydrogen) atoms. The Balaban J connectivity index is 1.94. The van der Waals surface area contributed by atoms with Gasteiger partial charge in [-0.1, -0.05) is 0 Å². The zero-order valence-corrected chi connectivity index (χ0v) is 8.87. The monoisotopic (exact) mass is 193 g/mol. The summed E-state index contributed by atoms with van der Waals surface area (Å²) in [5.41, 5.74) is 6.02. The fourth-order valence-electron chi connectivity index (χ4n) is 2.31. The number of piperidine rings is 1. The summed E-state index contributed by atoms with van der Waals surface area (Å²) in [6.45, 7) is 4.26. The van der Waals surface area contributed by atoms with Crippen LogP contribution in [0.5, 0.6) is 0 Å². The summed E-state index contributed by atoms with van der Waals surface area (Å²) in [5.74, 6) is 0.